The molecule has 0 spiro atoms. The summed E-state index contributed by atoms with van der Waals surface area (Å²) in [7, 11) is 0. The van der Waals surface area contributed by atoms with Crippen LogP contribution in [-0.2, 0) is 0 Å². The lowest BCUT2D eigenvalue weighted by Gasteiger charge is -2.04. The summed E-state index contributed by atoms with van der Waals surface area (Å²) in [5.41, 5.74) is 5.11. The Hall–Kier alpha value is -1.50. The molecule has 2 rings (SSSR count). The van der Waals surface area contributed by atoms with Gasteiger partial charge in [0.05, 0.1) is 0 Å². The van der Waals surface area contributed by atoms with Gasteiger partial charge in [0.2, 0.25) is 0 Å². The lowest BCUT2D eigenvalue weighted by Crippen LogP contribution is -1.84. The molecule has 1 nitrogen and oxygen atoms in total. The second-order valence-corrected chi connectivity index (χ2v) is 3.40. The van der Waals surface area contributed by atoms with Crippen LogP contribution in [0.15, 0.2) is 36.5 Å². The molecule has 0 aliphatic rings. The van der Waals surface area contributed by atoms with Crippen molar-refractivity contribution in [2.45, 2.75) is 27.7 Å². The number of aromatic amines is 1. The number of nitrogens with one attached hydrogen (secondary N) is 1. The first-order valence-corrected chi connectivity index (χ1v) is 5.48. The van der Waals surface area contributed by atoms with E-state index in [0.29, 0.717) is 0 Å². The lowest BCUT2D eigenvalue weighted by molar-refractivity contribution is 1.34. The second kappa shape index (κ2) is 5.40. The second-order valence-electron chi connectivity index (χ2n) is 3.40. The van der Waals surface area contributed by atoms with Gasteiger partial charge in [-0.2, -0.15) is 0 Å². The van der Waals surface area contributed by atoms with Crippen LogP contribution in [0.1, 0.15) is 25.0 Å². The summed E-state index contributed by atoms with van der Waals surface area (Å²) in [6, 6.07) is 10.6. The van der Waals surface area contributed by atoms with E-state index in [1.807, 2.05) is 26.1 Å². The third-order valence-corrected chi connectivity index (χ3v) is 2.28. The standard InChI is InChI=1S/C12H13N.C2H6/c1-9-5-6-10(2)11(8-9)12-4-3-7-13-12;1-2/h3-8,13H,1-2H3;1-2H3. The molecule has 0 saturated carbocycles. The predicted molar refractivity (Wildman–Crippen MR) is 67.1 cm³/mol. The number of aryl methyl sites for hydroxylation is 2. The first kappa shape index (κ1) is 11.6. The van der Waals surface area contributed by atoms with Crippen molar-refractivity contribution >= 4 is 0 Å². The number of H-pyrrole nitrogens is 1. The van der Waals surface area contributed by atoms with E-state index < -0.39 is 0 Å². The molecule has 0 atom stereocenters. The molecule has 0 radical (unpaired) electrons. The van der Waals surface area contributed by atoms with Crippen LogP contribution in [0.4, 0.5) is 0 Å². The van der Waals surface area contributed by atoms with E-state index in [2.05, 4.69) is 43.1 Å². The highest BCUT2D eigenvalue weighted by molar-refractivity contribution is 5.64. The molecule has 0 amide bonds. The summed E-state index contributed by atoms with van der Waals surface area (Å²) >= 11 is 0. The Labute approximate surface area is 92.2 Å². The van der Waals surface area contributed by atoms with E-state index in [1.54, 1.807) is 0 Å². The summed E-state index contributed by atoms with van der Waals surface area (Å²) < 4.78 is 0. The molecule has 0 bridgehead atoms. The highest BCUT2D eigenvalue weighted by atomic mass is 14.7. The normalized spacial score (nSPS) is 9.33. The smallest absolute Gasteiger partial charge is 0.0456 e. The SMILES string of the molecule is CC.Cc1ccc(C)c(-c2ccc[nH]2)c1. The largest absolute Gasteiger partial charge is 0.361 e. The lowest BCUT2D eigenvalue weighted by atomic mass is 10.0. The van der Waals surface area contributed by atoms with Gasteiger partial charge < -0.3 is 4.98 Å². The maximum atomic E-state index is 3.22. The van der Waals surface area contributed by atoms with Gasteiger partial charge in [-0.25, -0.2) is 0 Å². The number of hydrogen-bond donors (Lipinski definition) is 1. The Kier molecular flexibility index (Phi) is 4.17. The molecule has 0 aliphatic carbocycles. The van der Waals surface area contributed by atoms with E-state index in [0.717, 1.165) is 0 Å². The molecule has 1 heteroatoms. The molecule has 80 valence electrons. The van der Waals surface area contributed by atoms with Gasteiger partial charge in [-0.1, -0.05) is 31.5 Å². The zero-order valence-electron chi connectivity index (χ0n) is 9.96. The third-order valence-electron chi connectivity index (χ3n) is 2.28. The van der Waals surface area contributed by atoms with Crippen LogP contribution in [0, 0.1) is 13.8 Å². The van der Waals surface area contributed by atoms with Gasteiger partial charge in [0.15, 0.2) is 0 Å². The van der Waals surface area contributed by atoms with Crippen molar-refractivity contribution in [1.82, 2.24) is 4.98 Å². The van der Waals surface area contributed by atoms with Crippen molar-refractivity contribution in [1.29, 1.82) is 0 Å². The van der Waals surface area contributed by atoms with E-state index >= 15 is 0 Å². The summed E-state index contributed by atoms with van der Waals surface area (Å²) in [5, 5.41) is 0. The van der Waals surface area contributed by atoms with Crippen molar-refractivity contribution in [2.75, 3.05) is 0 Å². The molecule has 2 aromatic rings. The zero-order chi connectivity index (χ0) is 11.3. The fourth-order valence-electron chi connectivity index (χ4n) is 1.52. The molecular formula is C14H19N. The average Bonchev–Trinajstić information content (AvgIpc) is 2.78. The molecule has 0 fully saturated rings. The molecule has 0 aliphatic heterocycles. The molecular weight excluding hydrogens is 182 g/mol. The maximum absolute atomic E-state index is 3.22. The van der Waals surface area contributed by atoms with Gasteiger partial charge in [-0.15, -0.1) is 0 Å². The van der Waals surface area contributed by atoms with Crippen LogP contribution in [-0.4, -0.2) is 4.98 Å². The van der Waals surface area contributed by atoms with E-state index in [4.69, 9.17) is 0 Å². The number of benzene rings is 1. The van der Waals surface area contributed by atoms with Crippen LogP contribution >= 0.6 is 0 Å². The fraction of sp³-hybridized carbons (Fsp3) is 0.286. The van der Waals surface area contributed by atoms with Gasteiger partial charge >= 0.3 is 0 Å². The van der Waals surface area contributed by atoms with Crippen LogP contribution in [0.3, 0.4) is 0 Å². The molecule has 0 unspecified atom stereocenters. The van der Waals surface area contributed by atoms with Crippen LogP contribution in [0.5, 0.6) is 0 Å². The van der Waals surface area contributed by atoms with Crippen molar-refractivity contribution in [3.8, 4) is 11.3 Å². The topological polar surface area (TPSA) is 15.8 Å². The average molecular weight is 201 g/mol. The predicted octanol–water partition coefficient (Wildman–Crippen LogP) is 4.32. The summed E-state index contributed by atoms with van der Waals surface area (Å²) in [6.45, 7) is 8.25. The Morgan fingerprint density at radius 2 is 1.73 bits per heavy atom. The molecule has 1 aromatic heterocycles. The van der Waals surface area contributed by atoms with E-state index in [1.165, 1.54) is 22.4 Å². The fourth-order valence-corrected chi connectivity index (χ4v) is 1.52. The van der Waals surface area contributed by atoms with Crippen molar-refractivity contribution in [2.24, 2.45) is 0 Å². The van der Waals surface area contributed by atoms with Crippen LogP contribution in [0.2, 0.25) is 0 Å². The Balaban J connectivity index is 0.000000531. The Bertz CT molecular complexity index is 399. The Morgan fingerprint density at radius 3 is 2.33 bits per heavy atom. The first-order valence-electron chi connectivity index (χ1n) is 5.48. The van der Waals surface area contributed by atoms with Crippen LogP contribution < -0.4 is 0 Å². The number of aromatic nitrogens is 1. The molecule has 15 heavy (non-hydrogen) atoms. The first-order chi connectivity index (χ1) is 7.27. The van der Waals surface area contributed by atoms with Gasteiger partial charge in [0.25, 0.3) is 0 Å². The monoisotopic (exact) mass is 201 g/mol. The van der Waals surface area contributed by atoms with Crippen molar-refractivity contribution < 1.29 is 0 Å². The summed E-state index contributed by atoms with van der Waals surface area (Å²) in [5.74, 6) is 0. The van der Waals surface area contributed by atoms with Gasteiger partial charge in [0, 0.05) is 17.5 Å². The quantitative estimate of drug-likeness (QED) is 0.707. The third kappa shape index (κ3) is 2.72. The van der Waals surface area contributed by atoms with Crippen molar-refractivity contribution in [3.05, 3.63) is 47.7 Å². The minimum atomic E-state index is 1.20. The summed E-state index contributed by atoms with van der Waals surface area (Å²) in [6.07, 6.45) is 1.96. The minimum absolute atomic E-state index is 1.20. The highest BCUT2D eigenvalue weighted by Gasteiger charge is 2.01. The van der Waals surface area contributed by atoms with Crippen molar-refractivity contribution in [3.63, 3.8) is 0 Å². The van der Waals surface area contributed by atoms with Crippen LogP contribution in [0.25, 0.3) is 11.3 Å². The minimum Gasteiger partial charge on any atom is -0.361 e. The zero-order valence-corrected chi connectivity index (χ0v) is 9.96. The van der Waals surface area contributed by atoms with E-state index in [-0.39, 0.29) is 0 Å². The molecule has 1 heterocycles. The molecule has 1 N–H and O–H groups in total. The maximum Gasteiger partial charge on any atom is 0.0456 e. The molecule has 1 aromatic carbocycles. The summed E-state index contributed by atoms with van der Waals surface area (Å²) in [4.78, 5) is 3.22. The van der Waals surface area contributed by atoms with E-state index in [9.17, 15) is 0 Å². The number of hydrogen-bond acceptors (Lipinski definition) is 0. The van der Waals surface area contributed by atoms with Gasteiger partial charge in [0.1, 0.15) is 0 Å². The Morgan fingerprint density at radius 1 is 1.00 bits per heavy atom. The van der Waals surface area contributed by atoms with Gasteiger partial charge in [-0.3, -0.25) is 0 Å². The van der Waals surface area contributed by atoms with Gasteiger partial charge in [-0.05, 0) is 37.6 Å². The molecule has 0 saturated heterocycles. The highest BCUT2D eigenvalue weighted by Crippen LogP contribution is 2.22. The number of rotatable bonds is 1.